The molecule has 4 nitrogen and oxygen atoms in total. The molecule has 0 bridgehead atoms. The maximum Gasteiger partial charge on any atom is 0.254 e. The number of aryl methyl sites for hydroxylation is 1. The van der Waals surface area contributed by atoms with E-state index >= 15 is 0 Å². The molecular weight excluding hydrogens is 264 g/mol. The van der Waals surface area contributed by atoms with E-state index in [9.17, 15) is 0 Å². The van der Waals surface area contributed by atoms with Crippen molar-refractivity contribution >= 4 is 0 Å². The van der Waals surface area contributed by atoms with Crippen LogP contribution in [0.15, 0.2) is 59.0 Å². The second kappa shape index (κ2) is 6.22. The second-order valence-electron chi connectivity index (χ2n) is 4.66. The van der Waals surface area contributed by atoms with Gasteiger partial charge in [-0.3, -0.25) is 0 Å². The van der Waals surface area contributed by atoms with E-state index < -0.39 is 0 Å². The average molecular weight is 280 g/mol. The predicted molar refractivity (Wildman–Crippen MR) is 79.9 cm³/mol. The fourth-order valence-electron chi connectivity index (χ4n) is 2.01. The van der Waals surface area contributed by atoms with E-state index in [1.165, 1.54) is 5.56 Å². The molecule has 0 saturated carbocycles. The van der Waals surface area contributed by atoms with E-state index in [0.717, 1.165) is 17.7 Å². The molecule has 0 radical (unpaired) electrons. The summed E-state index contributed by atoms with van der Waals surface area (Å²) in [4.78, 5) is 0. The Hall–Kier alpha value is -2.62. The van der Waals surface area contributed by atoms with Crippen LogP contribution < -0.4 is 4.74 Å². The summed E-state index contributed by atoms with van der Waals surface area (Å²) < 4.78 is 11.3. The summed E-state index contributed by atoms with van der Waals surface area (Å²) in [7, 11) is 0. The standard InChI is InChI=1S/C17H16N2O2/c1-2-13-7-6-10-15(11-13)20-12-16-18-19-17(21-16)14-8-4-3-5-9-14/h3-11H,2,12H2,1H3. The Balaban J connectivity index is 1.67. The van der Waals surface area contributed by atoms with Crippen LogP contribution in [-0.2, 0) is 13.0 Å². The fraction of sp³-hybridized carbons (Fsp3) is 0.176. The van der Waals surface area contributed by atoms with Gasteiger partial charge < -0.3 is 9.15 Å². The zero-order valence-corrected chi connectivity index (χ0v) is 11.8. The number of hydrogen-bond donors (Lipinski definition) is 0. The largest absolute Gasteiger partial charge is 0.484 e. The van der Waals surface area contributed by atoms with Gasteiger partial charge in [0, 0.05) is 5.56 Å². The number of benzene rings is 2. The molecule has 0 aliphatic rings. The molecular formula is C17H16N2O2. The van der Waals surface area contributed by atoms with Crippen molar-refractivity contribution in [1.29, 1.82) is 0 Å². The normalized spacial score (nSPS) is 10.5. The van der Waals surface area contributed by atoms with Crippen LogP contribution in [0.3, 0.4) is 0 Å². The molecule has 0 atom stereocenters. The van der Waals surface area contributed by atoms with Gasteiger partial charge in [0.25, 0.3) is 5.89 Å². The Morgan fingerprint density at radius 1 is 1.00 bits per heavy atom. The van der Waals surface area contributed by atoms with Gasteiger partial charge in [-0.2, -0.15) is 0 Å². The van der Waals surface area contributed by atoms with Gasteiger partial charge >= 0.3 is 0 Å². The summed E-state index contributed by atoms with van der Waals surface area (Å²) in [5.74, 6) is 1.79. The van der Waals surface area contributed by atoms with Gasteiger partial charge in [-0.05, 0) is 36.2 Å². The van der Waals surface area contributed by atoms with Crippen molar-refractivity contribution in [2.24, 2.45) is 0 Å². The highest BCUT2D eigenvalue weighted by atomic mass is 16.5. The molecule has 0 aliphatic carbocycles. The third-order valence-electron chi connectivity index (χ3n) is 3.16. The molecule has 0 aliphatic heterocycles. The fourth-order valence-corrected chi connectivity index (χ4v) is 2.01. The van der Waals surface area contributed by atoms with Crippen LogP contribution in [0.1, 0.15) is 18.4 Å². The molecule has 0 spiro atoms. The van der Waals surface area contributed by atoms with Crippen molar-refractivity contribution in [2.45, 2.75) is 20.0 Å². The molecule has 0 saturated heterocycles. The van der Waals surface area contributed by atoms with Crippen LogP contribution in [0.5, 0.6) is 5.75 Å². The van der Waals surface area contributed by atoms with Gasteiger partial charge in [0.05, 0.1) is 0 Å². The highest BCUT2D eigenvalue weighted by Gasteiger charge is 2.08. The van der Waals surface area contributed by atoms with E-state index in [0.29, 0.717) is 11.8 Å². The second-order valence-corrected chi connectivity index (χ2v) is 4.66. The van der Waals surface area contributed by atoms with Crippen LogP contribution in [0.4, 0.5) is 0 Å². The minimum Gasteiger partial charge on any atom is -0.484 e. The van der Waals surface area contributed by atoms with Crippen LogP contribution in [0, 0.1) is 0 Å². The smallest absolute Gasteiger partial charge is 0.254 e. The number of hydrogen-bond acceptors (Lipinski definition) is 4. The van der Waals surface area contributed by atoms with Gasteiger partial charge in [-0.15, -0.1) is 10.2 Å². The van der Waals surface area contributed by atoms with Crippen LogP contribution in [0.25, 0.3) is 11.5 Å². The molecule has 0 fully saturated rings. The van der Waals surface area contributed by atoms with Crippen molar-refractivity contribution in [3.8, 4) is 17.2 Å². The Kier molecular flexibility index (Phi) is 3.96. The van der Waals surface area contributed by atoms with Gasteiger partial charge in [0.1, 0.15) is 5.75 Å². The maximum atomic E-state index is 5.69. The van der Waals surface area contributed by atoms with Crippen molar-refractivity contribution in [2.75, 3.05) is 0 Å². The van der Waals surface area contributed by atoms with Gasteiger partial charge in [-0.1, -0.05) is 37.3 Å². The Morgan fingerprint density at radius 2 is 1.86 bits per heavy atom. The molecule has 2 aromatic carbocycles. The van der Waals surface area contributed by atoms with Crippen molar-refractivity contribution in [3.05, 3.63) is 66.1 Å². The summed E-state index contributed by atoms with van der Waals surface area (Å²) in [5.41, 5.74) is 2.15. The minimum atomic E-state index is 0.271. The first-order valence-electron chi connectivity index (χ1n) is 6.94. The molecule has 1 heterocycles. The van der Waals surface area contributed by atoms with Crippen LogP contribution >= 0.6 is 0 Å². The molecule has 106 valence electrons. The first kappa shape index (κ1) is 13.4. The van der Waals surface area contributed by atoms with Crippen LogP contribution in [0.2, 0.25) is 0 Å². The SMILES string of the molecule is CCc1cccc(OCc2nnc(-c3ccccc3)o2)c1. The van der Waals surface area contributed by atoms with Gasteiger partial charge in [0.15, 0.2) is 6.61 Å². The molecule has 3 rings (SSSR count). The Bertz CT molecular complexity index is 708. The van der Waals surface area contributed by atoms with Crippen molar-refractivity contribution < 1.29 is 9.15 Å². The first-order valence-corrected chi connectivity index (χ1v) is 6.94. The van der Waals surface area contributed by atoms with Crippen molar-refractivity contribution in [3.63, 3.8) is 0 Å². The Labute approximate surface area is 123 Å². The van der Waals surface area contributed by atoms with Crippen LogP contribution in [-0.4, -0.2) is 10.2 Å². The molecule has 0 unspecified atom stereocenters. The first-order chi connectivity index (χ1) is 10.3. The zero-order valence-electron chi connectivity index (χ0n) is 11.8. The zero-order chi connectivity index (χ0) is 14.5. The molecule has 21 heavy (non-hydrogen) atoms. The van der Waals surface area contributed by atoms with E-state index in [1.807, 2.05) is 48.5 Å². The third kappa shape index (κ3) is 3.28. The number of ether oxygens (including phenoxy) is 1. The molecule has 1 aromatic heterocycles. The lowest BCUT2D eigenvalue weighted by Crippen LogP contribution is -1.96. The number of rotatable bonds is 5. The highest BCUT2D eigenvalue weighted by Crippen LogP contribution is 2.19. The monoisotopic (exact) mass is 280 g/mol. The summed E-state index contributed by atoms with van der Waals surface area (Å²) >= 11 is 0. The maximum absolute atomic E-state index is 5.69. The van der Waals surface area contributed by atoms with E-state index in [1.54, 1.807) is 0 Å². The molecule has 4 heteroatoms. The summed E-state index contributed by atoms with van der Waals surface area (Å²) in [6.45, 7) is 2.39. The average Bonchev–Trinajstić information content (AvgIpc) is 3.03. The quantitative estimate of drug-likeness (QED) is 0.711. The van der Waals surface area contributed by atoms with E-state index in [-0.39, 0.29) is 6.61 Å². The molecule has 3 aromatic rings. The predicted octanol–water partition coefficient (Wildman–Crippen LogP) is 3.88. The third-order valence-corrected chi connectivity index (χ3v) is 3.16. The molecule has 0 N–H and O–H groups in total. The van der Waals surface area contributed by atoms with Gasteiger partial charge in [0.2, 0.25) is 5.89 Å². The lowest BCUT2D eigenvalue weighted by atomic mass is 10.2. The number of nitrogens with zero attached hydrogens (tertiary/aromatic N) is 2. The van der Waals surface area contributed by atoms with Crippen molar-refractivity contribution in [1.82, 2.24) is 10.2 Å². The highest BCUT2D eigenvalue weighted by molar-refractivity contribution is 5.51. The lowest BCUT2D eigenvalue weighted by Gasteiger charge is -2.04. The van der Waals surface area contributed by atoms with E-state index in [4.69, 9.17) is 9.15 Å². The summed E-state index contributed by atoms with van der Waals surface area (Å²) in [6, 6.07) is 17.7. The topological polar surface area (TPSA) is 48.2 Å². The minimum absolute atomic E-state index is 0.271. The van der Waals surface area contributed by atoms with E-state index in [2.05, 4.69) is 23.2 Å². The summed E-state index contributed by atoms with van der Waals surface area (Å²) in [6.07, 6.45) is 0.982. The molecule has 0 amide bonds. The lowest BCUT2D eigenvalue weighted by molar-refractivity contribution is 0.264. The Morgan fingerprint density at radius 3 is 2.67 bits per heavy atom. The summed E-state index contributed by atoms with van der Waals surface area (Å²) in [5, 5.41) is 8.04. The van der Waals surface area contributed by atoms with Gasteiger partial charge in [-0.25, -0.2) is 0 Å². The number of aromatic nitrogens is 2.